The molecule has 3 aromatic rings. The van der Waals surface area contributed by atoms with E-state index in [4.69, 9.17) is 42.8 Å². The van der Waals surface area contributed by atoms with Gasteiger partial charge in [0.1, 0.15) is 11.4 Å². The van der Waals surface area contributed by atoms with E-state index in [9.17, 15) is 10.1 Å². The molecule has 0 aliphatic carbocycles. The summed E-state index contributed by atoms with van der Waals surface area (Å²) in [4.78, 5) is 19.6. The van der Waals surface area contributed by atoms with Crippen molar-refractivity contribution in [1.82, 2.24) is 19.5 Å². The van der Waals surface area contributed by atoms with Gasteiger partial charge in [-0.3, -0.25) is 0 Å². The van der Waals surface area contributed by atoms with Gasteiger partial charge in [0.05, 0.1) is 32.9 Å². The summed E-state index contributed by atoms with van der Waals surface area (Å²) in [6.07, 6.45) is 1.21. The van der Waals surface area contributed by atoms with Crippen molar-refractivity contribution in [2.24, 2.45) is 0 Å². The minimum absolute atomic E-state index is 0.0545. The highest BCUT2D eigenvalue weighted by molar-refractivity contribution is 6.39. The molecule has 11 heteroatoms. The Hall–Kier alpha value is -3.06. The van der Waals surface area contributed by atoms with Gasteiger partial charge in [0.2, 0.25) is 0 Å². The van der Waals surface area contributed by atoms with Crippen LogP contribution in [-0.2, 0) is 9.47 Å². The number of rotatable bonds is 6. The number of hydrogen-bond acceptors (Lipinski definition) is 7. The molecule has 9 nitrogen and oxygen atoms in total. The summed E-state index contributed by atoms with van der Waals surface area (Å²) in [5.41, 5.74) is 3.13. The number of nitrogens with one attached hydrogen (secondary N) is 1. The molecule has 0 bridgehead atoms. The van der Waals surface area contributed by atoms with E-state index >= 15 is 0 Å². The number of carbonyl (C=O) groups excluding carboxylic acids is 1. The van der Waals surface area contributed by atoms with E-state index in [1.165, 1.54) is 0 Å². The molecule has 1 saturated heterocycles. The zero-order valence-corrected chi connectivity index (χ0v) is 23.8. The number of ether oxygens (including phenoxy) is 2. The van der Waals surface area contributed by atoms with Crippen LogP contribution in [0.4, 0.5) is 10.6 Å². The van der Waals surface area contributed by atoms with Crippen LogP contribution in [0.25, 0.3) is 16.8 Å². The highest BCUT2D eigenvalue weighted by atomic mass is 35.5. The first-order chi connectivity index (χ1) is 18.0. The van der Waals surface area contributed by atoms with Crippen molar-refractivity contribution in [1.29, 1.82) is 5.26 Å². The molecular weight excluding hydrogens is 527 g/mol. The van der Waals surface area contributed by atoms with E-state index in [0.29, 0.717) is 64.4 Å². The van der Waals surface area contributed by atoms with E-state index in [1.54, 1.807) is 21.5 Å². The summed E-state index contributed by atoms with van der Waals surface area (Å²) in [5.74, 6) is 0.721. The van der Waals surface area contributed by atoms with Crippen LogP contribution >= 0.6 is 23.2 Å². The molecule has 1 aliphatic rings. The lowest BCUT2D eigenvalue weighted by Crippen LogP contribution is -2.47. The van der Waals surface area contributed by atoms with Gasteiger partial charge in [0.15, 0.2) is 5.65 Å². The molecule has 202 valence electrons. The summed E-state index contributed by atoms with van der Waals surface area (Å²) in [5, 5.41) is 18.1. The molecular formula is C27H32Cl2N6O3. The fourth-order valence-electron chi connectivity index (χ4n) is 4.58. The number of halogens is 2. The third-order valence-corrected chi connectivity index (χ3v) is 6.83. The topological polar surface area (TPSA) is 105 Å². The molecule has 4 rings (SSSR count). The first-order valence-electron chi connectivity index (χ1n) is 12.6. The average Bonchev–Trinajstić information content (AvgIpc) is 3.16. The predicted octanol–water partition coefficient (Wildman–Crippen LogP) is 6.02. The largest absolute Gasteiger partial charge is 0.444 e. The molecule has 0 spiro atoms. The van der Waals surface area contributed by atoms with Crippen molar-refractivity contribution in [3.05, 3.63) is 45.2 Å². The lowest BCUT2D eigenvalue weighted by Gasteiger charge is -2.35. The van der Waals surface area contributed by atoms with Crippen LogP contribution in [-0.4, -0.2) is 63.5 Å². The van der Waals surface area contributed by atoms with Crippen molar-refractivity contribution < 1.29 is 14.3 Å². The molecule has 1 fully saturated rings. The second kappa shape index (κ2) is 11.4. The number of nitrogens with zero attached hydrogens (tertiary/aromatic N) is 5. The maximum absolute atomic E-state index is 13.0. The number of aryl methyl sites for hydroxylation is 2. The Bertz CT molecular complexity index is 1360. The Balaban J connectivity index is 1.62. The third kappa shape index (κ3) is 6.15. The van der Waals surface area contributed by atoms with Crippen molar-refractivity contribution in [2.75, 3.05) is 31.6 Å². The zero-order chi connectivity index (χ0) is 27.6. The van der Waals surface area contributed by atoms with Gasteiger partial charge >= 0.3 is 6.09 Å². The number of carbonyl (C=O) groups is 1. The fraction of sp³-hybridized carbons (Fsp3) is 0.481. The SMILES string of the molecule is Cc1cc(NCCN(C(=O)OC(C)(C)C)C2CCOCC2)n2nc(C)c(-c3c(Cl)cc(C#N)cc3Cl)c2n1. The second-order valence-corrected chi connectivity index (χ2v) is 11.2. The van der Waals surface area contributed by atoms with E-state index in [0.717, 1.165) is 24.4 Å². The van der Waals surface area contributed by atoms with Crippen LogP contribution in [0.2, 0.25) is 10.0 Å². The fourth-order valence-corrected chi connectivity index (χ4v) is 5.26. The Morgan fingerprint density at radius 2 is 1.87 bits per heavy atom. The van der Waals surface area contributed by atoms with Gasteiger partial charge in [-0.25, -0.2) is 9.78 Å². The number of anilines is 1. The predicted molar refractivity (Wildman–Crippen MR) is 148 cm³/mol. The molecule has 0 radical (unpaired) electrons. The molecule has 1 amide bonds. The molecule has 1 aromatic carbocycles. The summed E-state index contributed by atoms with van der Waals surface area (Å²) in [7, 11) is 0. The van der Waals surface area contributed by atoms with E-state index in [1.807, 2.05) is 40.7 Å². The average molecular weight is 559 g/mol. The molecule has 1 aliphatic heterocycles. The Morgan fingerprint density at radius 1 is 1.21 bits per heavy atom. The van der Waals surface area contributed by atoms with Crippen molar-refractivity contribution >= 4 is 40.8 Å². The minimum atomic E-state index is -0.584. The zero-order valence-electron chi connectivity index (χ0n) is 22.3. The second-order valence-electron chi connectivity index (χ2n) is 10.3. The summed E-state index contributed by atoms with van der Waals surface area (Å²) < 4.78 is 12.9. The van der Waals surface area contributed by atoms with Gasteiger partial charge in [0, 0.05) is 49.7 Å². The first-order valence-corrected chi connectivity index (χ1v) is 13.3. The maximum atomic E-state index is 13.0. The Morgan fingerprint density at radius 3 is 2.47 bits per heavy atom. The van der Waals surface area contributed by atoms with Crippen LogP contribution in [0.5, 0.6) is 0 Å². The quantitative estimate of drug-likeness (QED) is 0.394. The number of benzene rings is 1. The van der Waals surface area contributed by atoms with Crippen LogP contribution in [0, 0.1) is 25.2 Å². The van der Waals surface area contributed by atoms with E-state index < -0.39 is 5.60 Å². The molecule has 0 atom stereocenters. The highest BCUT2D eigenvalue weighted by Gasteiger charge is 2.29. The number of amides is 1. The van der Waals surface area contributed by atoms with Crippen LogP contribution < -0.4 is 5.32 Å². The Labute approximate surface area is 232 Å². The van der Waals surface area contributed by atoms with Gasteiger partial charge in [-0.2, -0.15) is 14.9 Å². The van der Waals surface area contributed by atoms with Gasteiger partial charge in [-0.05, 0) is 59.6 Å². The summed E-state index contributed by atoms with van der Waals surface area (Å²) in [6.45, 7) is 11.5. The highest BCUT2D eigenvalue weighted by Crippen LogP contribution is 2.40. The van der Waals surface area contributed by atoms with Gasteiger partial charge in [-0.1, -0.05) is 23.2 Å². The van der Waals surface area contributed by atoms with Crippen LogP contribution in [0.1, 0.15) is 50.6 Å². The smallest absolute Gasteiger partial charge is 0.410 e. The van der Waals surface area contributed by atoms with Crippen LogP contribution in [0.3, 0.4) is 0 Å². The standard InChI is InChI=1S/C27H32Cl2N6O3/c1-16-12-22(31-8-9-34(19-6-10-37-11-7-19)26(36)38-27(3,4)5)35-25(32-16)23(17(2)33-35)24-20(28)13-18(15-30)14-21(24)29/h12-14,19,31H,6-11H2,1-5H3. The van der Waals surface area contributed by atoms with E-state index in [-0.39, 0.29) is 12.1 Å². The lowest BCUT2D eigenvalue weighted by molar-refractivity contribution is -0.00445. The van der Waals surface area contributed by atoms with Crippen molar-refractivity contribution in [3.8, 4) is 17.2 Å². The third-order valence-electron chi connectivity index (χ3n) is 6.23. The van der Waals surface area contributed by atoms with E-state index in [2.05, 4.69) is 11.4 Å². The monoisotopic (exact) mass is 558 g/mol. The van der Waals surface area contributed by atoms with Gasteiger partial charge < -0.3 is 19.7 Å². The Kier molecular flexibility index (Phi) is 8.36. The van der Waals surface area contributed by atoms with Gasteiger partial charge in [-0.15, -0.1) is 0 Å². The summed E-state index contributed by atoms with van der Waals surface area (Å²) in [6, 6.07) is 7.19. The molecule has 0 saturated carbocycles. The molecule has 0 unspecified atom stereocenters. The molecule has 38 heavy (non-hydrogen) atoms. The van der Waals surface area contributed by atoms with Crippen molar-refractivity contribution in [2.45, 2.75) is 59.1 Å². The number of nitriles is 1. The molecule has 2 aromatic heterocycles. The van der Waals surface area contributed by atoms with Gasteiger partial charge in [0.25, 0.3) is 0 Å². The maximum Gasteiger partial charge on any atom is 0.410 e. The number of hydrogen-bond donors (Lipinski definition) is 1. The molecule has 3 heterocycles. The number of aromatic nitrogens is 3. The lowest BCUT2D eigenvalue weighted by atomic mass is 10.0. The summed E-state index contributed by atoms with van der Waals surface area (Å²) >= 11 is 13.1. The number of fused-ring (bicyclic) bond motifs is 1. The van der Waals surface area contributed by atoms with Crippen molar-refractivity contribution in [3.63, 3.8) is 0 Å². The minimum Gasteiger partial charge on any atom is -0.444 e. The molecule has 1 N–H and O–H groups in total. The van der Waals surface area contributed by atoms with Crippen LogP contribution in [0.15, 0.2) is 18.2 Å². The normalized spacial score (nSPS) is 14.4. The first kappa shape index (κ1) is 28.0.